The van der Waals surface area contributed by atoms with Gasteiger partial charge in [-0.1, -0.05) is 0 Å². The van der Waals surface area contributed by atoms with Crippen LogP contribution in [0.5, 0.6) is 0 Å². The second kappa shape index (κ2) is 1.50. The summed E-state index contributed by atoms with van der Waals surface area (Å²) in [7, 11) is 1.90. The Labute approximate surface area is 42.3 Å². The van der Waals surface area contributed by atoms with Crippen LogP contribution < -0.4 is 5.32 Å². The molecule has 7 heavy (non-hydrogen) atoms. The predicted molar refractivity (Wildman–Crippen MR) is 25.6 cm³/mol. The zero-order valence-corrected chi connectivity index (χ0v) is 4.27. The van der Waals surface area contributed by atoms with Crippen LogP contribution in [0.4, 0.5) is 0 Å². The summed E-state index contributed by atoms with van der Waals surface area (Å²) in [4.78, 5) is 12.2. The van der Waals surface area contributed by atoms with E-state index in [1.54, 1.807) is 0 Å². The van der Waals surface area contributed by atoms with Gasteiger partial charge in [0.1, 0.15) is 0 Å². The third-order valence-corrected chi connectivity index (χ3v) is 0.960. The molecule has 40 valence electrons. The molecule has 1 aliphatic heterocycles. The Morgan fingerprint density at radius 2 is 2.57 bits per heavy atom. The normalized spacial score (nSPS) is 22.7. The lowest BCUT2D eigenvalue weighted by atomic mass is 10.6. The SMILES string of the molecule is CN1CNC(=O)C1. The van der Waals surface area contributed by atoms with Gasteiger partial charge in [-0.25, -0.2) is 0 Å². The Balaban J connectivity index is 2.40. The standard InChI is InChI=1S/C4H8N2O/c1-6-2-4(7)5-3-6/h2-3H2,1H3,(H,5,7). The van der Waals surface area contributed by atoms with Gasteiger partial charge in [0.2, 0.25) is 5.91 Å². The summed E-state index contributed by atoms with van der Waals surface area (Å²) in [5.74, 6) is 0.127. The lowest BCUT2D eigenvalue weighted by Gasteiger charge is -1.98. The number of rotatable bonds is 0. The molecule has 3 nitrogen and oxygen atoms in total. The number of likely N-dealkylation sites (N-methyl/N-ethyl adjacent to an activating group) is 1. The van der Waals surface area contributed by atoms with Gasteiger partial charge in [-0.2, -0.15) is 0 Å². The molecule has 1 rings (SSSR count). The molecule has 1 amide bonds. The number of carbonyl (C=O) groups is 1. The Hall–Kier alpha value is -0.570. The van der Waals surface area contributed by atoms with E-state index in [1.807, 2.05) is 11.9 Å². The highest BCUT2D eigenvalue weighted by molar-refractivity contribution is 5.79. The van der Waals surface area contributed by atoms with Crippen LogP contribution in [0.15, 0.2) is 0 Å². The highest BCUT2D eigenvalue weighted by atomic mass is 16.2. The fraction of sp³-hybridized carbons (Fsp3) is 0.750. The van der Waals surface area contributed by atoms with Crippen LogP contribution in [0, 0.1) is 0 Å². The largest absolute Gasteiger partial charge is 0.342 e. The minimum absolute atomic E-state index is 0.127. The van der Waals surface area contributed by atoms with Crippen LogP contribution in [0.2, 0.25) is 0 Å². The second-order valence-corrected chi connectivity index (χ2v) is 1.77. The van der Waals surface area contributed by atoms with E-state index in [0.717, 1.165) is 0 Å². The van der Waals surface area contributed by atoms with Crippen molar-refractivity contribution in [2.45, 2.75) is 0 Å². The molecule has 1 heterocycles. The fourth-order valence-corrected chi connectivity index (χ4v) is 0.580. The number of hydrogen-bond acceptors (Lipinski definition) is 2. The molecule has 1 fully saturated rings. The summed E-state index contributed by atoms with van der Waals surface area (Å²) in [6.07, 6.45) is 0. The van der Waals surface area contributed by atoms with Crippen molar-refractivity contribution in [1.82, 2.24) is 10.2 Å². The number of hydrogen-bond donors (Lipinski definition) is 1. The first-order chi connectivity index (χ1) is 3.29. The van der Waals surface area contributed by atoms with E-state index in [2.05, 4.69) is 5.32 Å². The molecule has 0 aromatic carbocycles. The fourth-order valence-electron chi connectivity index (χ4n) is 0.580. The highest BCUT2D eigenvalue weighted by Crippen LogP contribution is 1.85. The molecule has 0 atom stereocenters. The molecule has 0 bridgehead atoms. The van der Waals surface area contributed by atoms with Gasteiger partial charge < -0.3 is 5.32 Å². The van der Waals surface area contributed by atoms with Crippen molar-refractivity contribution < 1.29 is 4.79 Å². The Kier molecular flexibility index (Phi) is 0.982. The maximum absolute atomic E-state index is 10.3. The van der Waals surface area contributed by atoms with Crippen molar-refractivity contribution in [3.8, 4) is 0 Å². The minimum Gasteiger partial charge on any atom is -0.342 e. The van der Waals surface area contributed by atoms with Crippen LogP contribution in [0.3, 0.4) is 0 Å². The molecule has 1 saturated heterocycles. The van der Waals surface area contributed by atoms with Crippen LogP contribution in [0.1, 0.15) is 0 Å². The summed E-state index contributed by atoms with van der Waals surface area (Å²) in [5.41, 5.74) is 0. The van der Waals surface area contributed by atoms with Crippen molar-refractivity contribution in [1.29, 1.82) is 0 Å². The number of carbonyl (C=O) groups excluding carboxylic acids is 1. The summed E-state index contributed by atoms with van der Waals surface area (Å²) in [6, 6.07) is 0. The van der Waals surface area contributed by atoms with Gasteiger partial charge in [0.15, 0.2) is 0 Å². The molecule has 0 aliphatic carbocycles. The molecule has 0 spiro atoms. The van der Waals surface area contributed by atoms with Gasteiger partial charge in [-0.15, -0.1) is 0 Å². The average Bonchev–Trinajstić information content (AvgIpc) is 1.87. The number of amides is 1. The first kappa shape index (κ1) is 4.59. The Morgan fingerprint density at radius 1 is 1.86 bits per heavy atom. The second-order valence-electron chi connectivity index (χ2n) is 1.77. The zero-order chi connectivity index (χ0) is 5.28. The van der Waals surface area contributed by atoms with E-state index < -0.39 is 0 Å². The first-order valence-electron chi connectivity index (χ1n) is 2.24. The van der Waals surface area contributed by atoms with Crippen LogP contribution in [-0.2, 0) is 4.79 Å². The number of nitrogens with zero attached hydrogens (tertiary/aromatic N) is 1. The van der Waals surface area contributed by atoms with Gasteiger partial charge in [0.25, 0.3) is 0 Å². The van der Waals surface area contributed by atoms with Crippen molar-refractivity contribution >= 4 is 5.91 Å². The van der Waals surface area contributed by atoms with Crippen LogP contribution >= 0.6 is 0 Å². The van der Waals surface area contributed by atoms with Crippen molar-refractivity contribution in [2.24, 2.45) is 0 Å². The van der Waals surface area contributed by atoms with E-state index in [4.69, 9.17) is 0 Å². The Bertz CT molecular complexity index is 91.7. The van der Waals surface area contributed by atoms with Gasteiger partial charge in [-0.3, -0.25) is 9.69 Å². The molecule has 0 aromatic rings. The quantitative estimate of drug-likeness (QED) is 0.423. The predicted octanol–water partition coefficient (Wildman–Crippen LogP) is -0.995. The van der Waals surface area contributed by atoms with Crippen molar-refractivity contribution in [3.05, 3.63) is 0 Å². The molecule has 3 heteroatoms. The summed E-state index contributed by atoms with van der Waals surface area (Å²) in [5, 5.41) is 2.66. The summed E-state index contributed by atoms with van der Waals surface area (Å²) >= 11 is 0. The van der Waals surface area contributed by atoms with E-state index in [-0.39, 0.29) is 5.91 Å². The maximum atomic E-state index is 10.3. The van der Waals surface area contributed by atoms with E-state index in [9.17, 15) is 4.79 Å². The molecule has 1 N–H and O–H groups in total. The Morgan fingerprint density at radius 3 is 2.71 bits per heavy atom. The topological polar surface area (TPSA) is 32.3 Å². The molecular weight excluding hydrogens is 92.1 g/mol. The molecule has 1 aliphatic rings. The third-order valence-electron chi connectivity index (χ3n) is 0.960. The van der Waals surface area contributed by atoms with Gasteiger partial charge >= 0.3 is 0 Å². The van der Waals surface area contributed by atoms with E-state index in [0.29, 0.717) is 13.2 Å². The molecule has 0 aromatic heterocycles. The summed E-state index contributed by atoms with van der Waals surface area (Å²) in [6.45, 7) is 1.26. The maximum Gasteiger partial charge on any atom is 0.235 e. The first-order valence-corrected chi connectivity index (χ1v) is 2.24. The van der Waals surface area contributed by atoms with E-state index in [1.165, 1.54) is 0 Å². The third kappa shape index (κ3) is 0.899. The van der Waals surface area contributed by atoms with Gasteiger partial charge in [0, 0.05) is 0 Å². The van der Waals surface area contributed by atoms with Crippen molar-refractivity contribution in [3.63, 3.8) is 0 Å². The molecule has 0 unspecified atom stereocenters. The molecule has 0 radical (unpaired) electrons. The lowest BCUT2D eigenvalue weighted by Crippen LogP contribution is -2.16. The highest BCUT2D eigenvalue weighted by Gasteiger charge is 2.12. The lowest BCUT2D eigenvalue weighted by molar-refractivity contribution is -0.118. The minimum atomic E-state index is 0.127. The van der Waals surface area contributed by atoms with Crippen LogP contribution in [0.25, 0.3) is 0 Å². The van der Waals surface area contributed by atoms with Crippen LogP contribution in [-0.4, -0.2) is 31.1 Å². The average molecular weight is 100 g/mol. The van der Waals surface area contributed by atoms with Gasteiger partial charge in [0.05, 0.1) is 13.2 Å². The number of nitrogens with one attached hydrogen (secondary N) is 1. The summed E-state index contributed by atoms with van der Waals surface area (Å²) < 4.78 is 0. The van der Waals surface area contributed by atoms with Crippen molar-refractivity contribution in [2.75, 3.05) is 20.3 Å². The van der Waals surface area contributed by atoms with Gasteiger partial charge in [-0.05, 0) is 7.05 Å². The monoisotopic (exact) mass is 100 g/mol. The van der Waals surface area contributed by atoms with E-state index >= 15 is 0 Å². The smallest absolute Gasteiger partial charge is 0.235 e. The zero-order valence-electron chi connectivity index (χ0n) is 4.27. The molecule has 0 saturated carbocycles. The molecular formula is C4H8N2O.